The van der Waals surface area contributed by atoms with Gasteiger partial charge in [-0.15, -0.1) is 0 Å². The second kappa shape index (κ2) is 9.04. The van der Waals surface area contributed by atoms with Crippen molar-refractivity contribution < 1.29 is 9.21 Å². The number of rotatable bonds is 4. The monoisotopic (exact) mass is 366 g/mol. The van der Waals surface area contributed by atoms with Crippen LogP contribution in [0.25, 0.3) is 12.2 Å². The highest BCUT2D eigenvalue weighted by molar-refractivity contribution is 9.10. The molecule has 0 radical (unpaired) electrons. The first kappa shape index (κ1) is 18.0. The highest BCUT2D eigenvalue weighted by atomic mass is 79.9. The van der Waals surface area contributed by atoms with E-state index in [0.717, 1.165) is 27.0 Å². The van der Waals surface area contributed by atoms with E-state index in [-0.39, 0.29) is 0 Å². The summed E-state index contributed by atoms with van der Waals surface area (Å²) in [5, 5.41) is 1.60. The molecule has 2 aromatic rings. The fraction of sp³-hybridized carbons (Fsp3) is 0.133. The summed E-state index contributed by atoms with van der Waals surface area (Å²) in [7, 11) is 1.82. The van der Waals surface area contributed by atoms with Crippen LogP contribution in [0.3, 0.4) is 0 Å². The maximum absolute atomic E-state index is 8.94. The molecule has 22 heavy (non-hydrogen) atoms. The van der Waals surface area contributed by atoms with Crippen LogP contribution in [0.15, 0.2) is 39.4 Å². The van der Waals surface area contributed by atoms with E-state index in [1.807, 2.05) is 50.4 Å². The molecule has 0 aliphatic rings. The van der Waals surface area contributed by atoms with E-state index in [1.165, 1.54) is 0 Å². The number of hydrazine groups is 2. The first-order valence-electron chi connectivity index (χ1n) is 6.39. The average Bonchev–Trinajstić information content (AvgIpc) is 2.91. The number of carbonyl (C=O) groups is 1. The van der Waals surface area contributed by atoms with Gasteiger partial charge in [0.1, 0.15) is 5.76 Å². The highest BCUT2D eigenvalue weighted by Gasteiger charge is 2.05. The molecular weight excluding hydrogens is 348 g/mol. The van der Waals surface area contributed by atoms with E-state index in [9.17, 15) is 0 Å². The van der Waals surface area contributed by atoms with Crippen molar-refractivity contribution in [3.8, 4) is 0 Å². The van der Waals surface area contributed by atoms with Gasteiger partial charge in [-0.25, -0.2) is 11.7 Å². The Balaban J connectivity index is 0.000000541. The van der Waals surface area contributed by atoms with E-state index < -0.39 is 0 Å². The number of furan rings is 1. The van der Waals surface area contributed by atoms with Crippen LogP contribution in [-0.4, -0.2) is 13.5 Å². The molecule has 1 aromatic heterocycles. The molecule has 0 aliphatic heterocycles. The van der Waals surface area contributed by atoms with E-state index in [2.05, 4.69) is 21.8 Å². The van der Waals surface area contributed by atoms with E-state index >= 15 is 0 Å². The number of nitrogens with two attached hydrogens (primary N) is 2. The zero-order valence-electron chi connectivity index (χ0n) is 12.4. The van der Waals surface area contributed by atoms with Gasteiger partial charge in [0.25, 0.3) is 0 Å². The number of nitrogens with zero attached hydrogens (tertiary/aromatic N) is 1. The van der Waals surface area contributed by atoms with Gasteiger partial charge in [-0.2, -0.15) is 0 Å². The minimum absolute atomic E-state index is 0.403. The lowest BCUT2D eigenvalue weighted by Crippen LogP contribution is -2.25. The van der Waals surface area contributed by atoms with Gasteiger partial charge in [-0.3, -0.25) is 10.2 Å². The molecule has 6 nitrogen and oxygen atoms in total. The molecular formula is C15H19BrN4O2. The first-order chi connectivity index (χ1) is 10.5. The first-order valence-corrected chi connectivity index (χ1v) is 7.18. The molecule has 0 fully saturated rings. The Hall–Kier alpha value is -2.09. The van der Waals surface area contributed by atoms with Crippen molar-refractivity contribution in [2.45, 2.75) is 6.92 Å². The van der Waals surface area contributed by atoms with Crippen LogP contribution in [0.2, 0.25) is 0 Å². The van der Waals surface area contributed by atoms with E-state index in [1.54, 1.807) is 16.7 Å². The molecule has 0 unspecified atom stereocenters. The van der Waals surface area contributed by atoms with Crippen molar-refractivity contribution in [3.63, 3.8) is 0 Å². The van der Waals surface area contributed by atoms with Gasteiger partial charge in [0.05, 0.1) is 12.0 Å². The third-order valence-corrected chi connectivity index (χ3v) is 3.33. The van der Waals surface area contributed by atoms with E-state index in [0.29, 0.717) is 6.41 Å². The lowest BCUT2D eigenvalue weighted by atomic mass is 10.1. The van der Waals surface area contributed by atoms with Crippen molar-refractivity contribution in [2.24, 2.45) is 11.7 Å². The number of aryl methyl sites for hydroxylation is 1. The zero-order chi connectivity index (χ0) is 16.5. The Kier molecular flexibility index (Phi) is 7.38. The van der Waals surface area contributed by atoms with Crippen molar-refractivity contribution in [1.29, 1.82) is 0 Å². The number of hydrogen-bond donors (Lipinski definition) is 3. The summed E-state index contributed by atoms with van der Waals surface area (Å²) in [5.74, 6) is 11.0. The number of amides is 1. The lowest BCUT2D eigenvalue weighted by Gasteiger charge is -2.16. The van der Waals surface area contributed by atoms with Crippen LogP contribution in [0.1, 0.15) is 16.9 Å². The zero-order valence-corrected chi connectivity index (χ0v) is 14.0. The van der Waals surface area contributed by atoms with Crippen LogP contribution >= 0.6 is 15.9 Å². The number of carbonyl (C=O) groups excluding carboxylic acids is 1. The molecule has 2 rings (SSSR count). The summed E-state index contributed by atoms with van der Waals surface area (Å²) in [6.45, 7) is 2.00. The number of halogens is 1. The number of anilines is 1. The summed E-state index contributed by atoms with van der Waals surface area (Å²) in [6, 6.07) is 7.90. The molecule has 7 heteroatoms. The highest BCUT2D eigenvalue weighted by Crippen LogP contribution is 2.28. The van der Waals surface area contributed by atoms with Crippen molar-refractivity contribution >= 4 is 40.2 Å². The predicted molar refractivity (Wildman–Crippen MR) is 92.5 cm³/mol. The SMILES string of the molecule is Cc1coc(/C=C/c2c(Br)cccc2N(C)N)c1.NNC=O. The number of nitrogens with one attached hydrogen (secondary N) is 1. The molecule has 1 heterocycles. The second-order valence-corrected chi connectivity index (χ2v) is 5.28. The van der Waals surface area contributed by atoms with Crippen LogP contribution < -0.4 is 22.1 Å². The third-order valence-electron chi connectivity index (χ3n) is 2.64. The third kappa shape index (κ3) is 5.36. The minimum atomic E-state index is 0.403. The number of hydrogen-bond acceptors (Lipinski definition) is 5. The maximum atomic E-state index is 8.94. The van der Waals surface area contributed by atoms with Crippen LogP contribution in [0.5, 0.6) is 0 Å². The summed E-state index contributed by atoms with van der Waals surface area (Å²) >= 11 is 3.53. The quantitative estimate of drug-likeness (QED) is 0.334. The predicted octanol–water partition coefficient (Wildman–Crippen LogP) is 2.44. The van der Waals surface area contributed by atoms with Crippen molar-refractivity contribution in [3.05, 3.63) is 51.9 Å². The summed E-state index contributed by atoms with van der Waals surface area (Å²) < 4.78 is 6.38. The Bertz CT molecular complexity index is 638. The summed E-state index contributed by atoms with van der Waals surface area (Å²) in [6.07, 6.45) is 6.05. The Morgan fingerprint density at radius 3 is 2.55 bits per heavy atom. The summed E-state index contributed by atoms with van der Waals surface area (Å²) in [4.78, 5) is 8.94. The molecule has 0 atom stereocenters. The Morgan fingerprint density at radius 1 is 1.36 bits per heavy atom. The molecule has 0 bridgehead atoms. The Labute approximate surface area is 137 Å². The fourth-order valence-electron chi connectivity index (χ4n) is 1.70. The molecule has 1 aromatic carbocycles. The Morgan fingerprint density at radius 2 is 2.05 bits per heavy atom. The van der Waals surface area contributed by atoms with E-state index in [4.69, 9.17) is 15.1 Å². The van der Waals surface area contributed by atoms with Crippen molar-refractivity contribution in [2.75, 3.05) is 12.1 Å². The van der Waals surface area contributed by atoms with Gasteiger partial charge >= 0.3 is 0 Å². The smallest absolute Gasteiger partial charge is 0.221 e. The second-order valence-electron chi connectivity index (χ2n) is 4.43. The van der Waals surface area contributed by atoms with Crippen LogP contribution in [0, 0.1) is 6.92 Å². The minimum Gasteiger partial charge on any atom is -0.465 e. The molecule has 5 N–H and O–H groups in total. The van der Waals surface area contributed by atoms with Crippen LogP contribution in [-0.2, 0) is 4.79 Å². The van der Waals surface area contributed by atoms with Gasteiger partial charge in [0.15, 0.2) is 0 Å². The fourth-order valence-corrected chi connectivity index (χ4v) is 2.19. The molecule has 118 valence electrons. The molecule has 0 spiro atoms. The van der Waals surface area contributed by atoms with Gasteiger partial charge in [0, 0.05) is 17.1 Å². The van der Waals surface area contributed by atoms with Gasteiger partial charge in [-0.05, 0) is 42.8 Å². The average molecular weight is 367 g/mol. The van der Waals surface area contributed by atoms with Gasteiger partial charge in [-0.1, -0.05) is 22.0 Å². The topological polar surface area (TPSA) is 97.5 Å². The molecule has 0 saturated carbocycles. The van der Waals surface area contributed by atoms with Gasteiger partial charge in [0.2, 0.25) is 6.41 Å². The largest absolute Gasteiger partial charge is 0.465 e. The normalized spacial score (nSPS) is 10.0. The summed E-state index contributed by atoms with van der Waals surface area (Å²) in [5.41, 5.74) is 4.83. The number of benzene rings is 1. The standard InChI is InChI=1S/C14H15BrN2O.CH4N2O/c1-10-8-11(18-9-10)6-7-12-13(15)4-3-5-14(12)17(2)16;2-3-1-4/h3-9H,16H2,1-2H3;1H,2H2,(H,3,4)/b7-6+;. The maximum Gasteiger partial charge on any atom is 0.221 e. The molecule has 0 saturated heterocycles. The van der Waals surface area contributed by atoms with Crippen LogP contribution in [0.4, 0.5) is 5.69 Å². The molecule has 0 aliphatic carbocycles. The lowest BCUT2D eigenvalue weighted by molar-refractivity contribution is -0.109. The molecule has 1 amide bonds. The van der Waals surface area contributed by atoms with Gasteiger partial charge < -0.3 is 9.43 Å². The van der Waals surface area contributed by atoms with Crippen molar-refractivity contribution in [1.82, 2.24) is 5.43 Å².